The molecule has 5 heteroatoms. The molecule has 0 saturated carbocycles. The molecule has 0 aliphatic carbocycles. The molecule has 2 rings (SSSR count). The van der Waals surface area contributed by atoms with E-state index in [9.17, 15) is 0 Å². The summed E-state index contributed by atoms with van der Waals surface area (Å²) >= 11 is 6.14. The van der Waals surface area contributed by atoms with Gasteiger partial charge in [0, 0.05) is 6.07 Å². The Labute approximate surface area is 123 Å². The Morgan fingerprint density at radius 2 is 1.70 bits per heavy atom. The van der Waals surface area contributed by atoms with Crippen molar-refractivity contribution in [2.45, 2.75) is 6.92 Å². The zero-order valence-electron chi connectivity index (χ0n) is 11.7. The molecule has 2 aromatic carbocycles. The summed E-state index contributed by atoms with van der Waals surface area (Å²) < 4.78 is 10.5. The molecule has 20 heavy (non-hydrogen) atoms. The van der Waals surface area contributed by atoms with Crippen molar-refractivity contribution in [3.63, 3.8) is 0 Å². The van der Waals surface area contributed by atoms with Gasteiger partial charge in [-0.2, -0.15) is 0 Å². The van der Waals surface area contributed by atoms with Gasteiger partial charge in [0.25, 0.3) is 0 Å². The minimum Gasteiger partial charge on any atom is -0.495 e. The fourth-order valence-electron chi connectivity index (χ4n) is 1.90. The van der Waals surface area contributed by atoms with Crippen LogP contribution in [-0.4, -0.2) is 14.2 Å². The molecule has 3 N–H and O–H groups in total. The van der Waals surface area contributed by atoms with Crippen LogP contribution in [0, 0.1) is 6.92 Å². The first kappa shape index (κ1) is 14.3. The van der Waals surface area contributed by atoms with Gasteiger partial charge in [-0.1, -0.05) is 17.7 Å². The highest BCUT2D eigenvalue weighted by atomic mass is 35.5. The summed E-state index contributed by atoms with van der Waals surface area (Å²) in [7, 11) is 3.15. The summed E-state index contributed by atoms with van der Waals surface area (Å²) in [5.41, 5.74) is 9.30. The molecule has 0 aliphatic heterocycles. The first-order valence-electron chi connectivity index (χ1n) is 6.10. The van der Waals surface area contributed by atoms with Crippen molar-refractivity contribution < 1.29 is 9.47 Å². The third kappa shape index (κ3) is 2.91. The van der Waals surface area contributed by atoms with Gasteiger partial charge in [0.2, 0.25) is 0 Å². The molecular formula is C15H17ClN2O2. The summed E-state index contributed by atoms with van der Waals surface area (Å²) in [5.74, 6) is 1.19. The minimum atomic E-state index is 0.501. The standard InChI is InChI=1S/C15H17ClN2O2/c1-9-4-5-12(11(17)6-9)18-13-7-10(16)14(19-2)8-15(13)20-3/h4-8,18H,17H2,1-3H3. The second-order valence-electron chi connectivity index (χ2n) is 4.40. The highest BCUT2D eigenvalue weighted by Crippen LogP contribution is 2.38. The van der Waals surface area contributed by atoms with Crippen LogP contribution in [0.5, 0.6) is 11.5 Å². The van der Waals surface area contributed by atoms with Gasteiger partial charge in [-0.05, 0) is 30.7 Å². The Morgan fingerprint density at radius 1 is 1.00 bits per heavy atom. The van der Waals surface area contributed by atoms with Crippen molar-refractivity contribution in [3.8, 4) is 11.5 Å². The van der Waals surface area contributed by atoms with E-state index < -0.39 is 0 Å². The van der Waals surface area contributed by atoms with Gasteiger partial charge >= 0.3 is 0 Å². The molecule has 0 aliphatic rings. The number of aryl methyl sites for hydroxylation is 1. The summed E-state index contributed by atoms with van der Waals surface area (Å²) in [6, 6.07) is 9.28. The van der Waals surface area contributed by atoms with E-state index >= 15 is 0 Å². The number of anilines is 3. The normalized spacial score (nSPS) is 10.2. The number of halogens is 1. The van der Waals surface area contributed by atoms with E-state index in [4.69, 9.17) is 26.8 Å². The van der Waals surface area contributed by atoms with Gasteiger partial charge in [-0.3, -0.25) is 0 Å². The van der Waals surface area contributed by atoms with Crippen molar-refractivity contribution in [1.29, 1.82) is 0 Å². The monoisotopic (exact) mass is 292 g/mol. The Bertz CT molecular complexity index is 630. The molecular weight excluding hydrogens is 276 g/mol. The number of methoxy groups -OCH3 is 2. The van der Waals surface area contributed by atoms with E-state index in [2.05, 4.69) is 5.32 Å². The zero-order valence-corrected chi connectivity index (χ0v) is 12.4. The molecule has 0 fully saturated rings. The Morgan fingerprint density at radius 3 is 2.30 bits per heavy atom. The van der Waals surface area contributed by atoms with Crippen molar-refractivity contribution in [2.24, 2.45) is 0 Å². The number of hydrogen-bond donors (Lipinski definition) is 2. The average Bonchev–Trinajstić information content (AvgIpc) is 2.42. The molecule has 0 aromatic heterocycles. The molecule has 0 spiro atoms. The van der Waals surface area contributed by atoms with Crippen LogP contribution >= 0.6 is 11.6 Å². The van der Waals surface area contributed by atoms with Crippen molar-refractivity contribution >= 4 is 28.7 Å². The lowest BCUT2D eigenvalue weighted by Gasteiger charge is -2.15. The van der Waals surface area contributed by atoms with Crippen molar-refractivity contribution in [3.05, 3.63) is 40.9 Å². The third-order valence-corrected chi connectivity index (χ3v) is 3.25. The Balaban J connectivity index is 2.40. The number of benzene rings is 2. The maximum atomic E-state index is 6.14. The van der Waals surface area contributed by atoms with Crippen LogP contribution in [0.4, 0.5) is 17.1 Å². The van der Waals surface area contributed by atoms with Crippen LogP contribution in [-0.2, 0) is 0 Å². The topological polar surface area (TPSA) is 56.5 Å². The lowest BCUT2D eigenvalue weighted by atomic mass is 10.2. The molecule has 0 amide bonds. The number of rotatable bonds is 4. The first-order valence-corrected chi connectivity index (χ1v) is 6.47. The largest absolute Gasteiger partial charge is 0.495 e. The van der Waals surface area contributed by atoms with Crippen LogP contribution in [0.25, 0.3) is 0 Å². The van der Waals surface area contributed by atoms with E-state index in [0.717, 1.165) is 16.9 Å². The maximum Gasteiger partial charge on any atom is 0.146 e. The quantitative estimate of drug-likeness (QED) is 0.837. The third-order valence-electron chi connectivity index (χ3n) is 2.95. The number of hydrogen-bond acceptors (Lipinski definition) is 4. The van der Waals surface area contributed by atoms with Crippen molar-refractivity contribution in [1.82, 2.24) is 0 Å². The number of ether oxygens (including phenoxy) is 2. The Hall–Kier alpha value is -2.07. The maximum absolute atomic E-state index is 6.14. The molecule has 106 valence electrons. The smallest absolute Gasteiger partial charge is 0.146 e. The van der Waals surface area contributed by atoms with Crippen LogP contribution in [0.2, 0.25) is 5.02 Å². The SMILES string of the molecule is COc1cc(OC)c(Nc2ccc(C)cc2N)cc1Cl. The summed E-state index contributed by atoms with van der Waals surface area (Å²) in [6.45, 7) is 1.99. The summed E-state index contributed by atoms with van der Waals surface area (Å²) in [4.78, 5) is 0. The van der Waals surface area contributed by atoms with E-state index in [1.54, 1.807) is 26.4 Å². The molecule has 0 radical (unpaired) electrons. The predicted molar refractivity (Wildman–Crippen MR) is 83.4 cm³/mol. The van der Waals surface area contributed by atoms with Crippen LogP contribution in [0.3, 0.4) is 0 Å². The lowest BCUT2D eigenvalue weighted by molar-refractivity contribution is 0.396. The van der Waals surface area contributed by atoms with Gasteiger partial charge in [0.1, 0.15) is 11.5 Å². The summed E-state index contributed by atoms with van der Waals surface area (Å²) in [6.07, 6.45) is 0. The van der Waals surface area contributed by atoms with E-state index in [0.29, 0.717) is 22.2 Å². The lowest BCUT2D eigenvalue weighted by Crippen LogP contribution is -1.99. The van der Waals surface area contributed by atoms with Crippen LogP contribution in [0.15, 0.2) is 30.3 Å². The molecule has 2 aromatic rings. The second kappa shape index (κ2) is 5.92. The van der Waals surface area contributed by atoms with E-state index in [-0.39, 0.29) is 0 Å². The zero-order chi connectivity index (χ0) is 14.7. The van der Waals surface area contributed by atoms with Crippen LogP contribution < -0.4 is 20.5 Å². The highest BCUT2D eigenvalue weighted by Gasteiger charge is 2.11. The molecule has 0 bridgehead atoms. The van der Waals surface area contributed by atoms with E-state index in [1.165, 1.54) is 0 Å². The first-order chi connectivity index (χ1) is 9.55. The number of nitrogens with one attached hydrogen (secondary N) is 1. The molecule has 0 heterocycles. The summed E-state index contributed by atoms with van der Waals surface area (Å²) in [5, 5.41) is 3.72. The molecule has 0 saturated heterocycles. The number of nitrogen functional groups attached to an aromatic ring is 1. The predicted octanol–water partition coefficient (Wildman–Crippen LogP) is 3.99. The van der Waals surface area contributed by atoms with Gasteiger partial charge in [0.05, 0.1) is 36.3 Å². The van der Waals surface area contributed by atoms with Gasteiger partial charge in [-0.15, -0.1) is 0 Å². The second-order valence-corrected chi connectivity index (χ2v) is 4.81. The van der Waals surface area contributed by atoms with Crippen LogP contribution in [0.1, 0.15) is 5.56 Å². The molecule has 0 atom stereocenters. The Kier molecular flexibility index (Phi) is 4.25. The van der Waals surface area contributed by atoms with Gasteiger partial charge < -0.3 is 20.5 Å². The minimum absolute atomic E-state index is 0.501. The molecule has 4 nitrogen and oxygen atoms in total. The van der Waals surface area contributed by atoms with E-state index in [1.807, 2.05) is 25.1 Å². The average molecular weight is 293 g/mol. The van der Waals surface area contributed by atoms with Gasteiger partial charge in [-0.25, -0.2) is 0 Å². The highest BCUT2D eigenvalue weighted by molar-refractivity contribution is 6.32. The van der Waals surface area contributed by atoms with Crippen molar-refractivity contribution in [2.75, 3.05) is 25.3 Å². The molecule has 0 unspecified atom stereocenters. The number of nitrogens with two attached hydrogens (primary N) is 1. The fraction of sp³-hybridized carbons (Fsp3) is 0.200. The fourth-order valence-corrected chi connectivity index (χ4v) is 2.14. The van der Waals surface area contributed by atoms with Gasteiger partial charge in [0.15, 0.2) is 0 Å².